The van der Waals surface area contributed by atoms with Crippen molar-refractivity contribution in [3.8, 4) is 22.8 Å². The molecule has 3 N–H and O–H groups in total. The SMILES string of the molecule is Cn1ncc(Br)c1-c1cc(NC(=O)Nc2ccc(Cl)cc2O)ccc1OCCN1CCCC1. The van der Waals surface area contributed by atoms with Gasteiger partial charge in [-0.3, -0.25) is 9.58 Å². The van der Waals surface area contributed by atoms with Crippen molar-refractivity contribution in [2.75, 3.05) is 36.9 Å². The maximum Gasteiger partial charge on any atom is 0.323 e. The van der Waals surface area contributed by atoms with Crippen LogP contribution in [-0.2, 0) is 7.05 Å². The molecule has 174 valence electrons. The number of aromatic hydroxyl groups is 1. The Morgan fingerprint density at radius 3 is 2.70 bits per heavy atom. The lowest BCUT2D eigenvalue weighted by molar-refractivity contribution is 0.238. The second-order valence-electron chi connectivity index (χ2n) is 7.81. The minimum Gasteiger partial charge on any atom is -0.506 e. The van der Waals surface area contributed by atoms with Crippen LogP contribution in [0.5, 0.6) is 11.5 Å². The molecule has 2 aromatic carbocycles. The van der Waals surface area contributed by atoms with E-state index in [4.69, 9.17) is 16.3 Å². The van der Waals surface area contributed by atoms with Crippen LogP contribution in [0.15, 0.2) is 47.1 Å². The lowest BCUT2D eigenvalue weighted by Gasteiger charge is -2.18. The largest absolute Gasteiger partial charge is 0.506 e. The van der Waals surface area contributed by atoms with Gasteiger partial charge in [-0.1, -0.05) is 11.6 Å². The summed E-state index contributed by atoms with van der Waals surface area (Å²) in [5, 5.41) is 20.1. The van der Waals surface area contributed by atoms with Gasteiger partial charge >= 0.3 is 6.03 Å². The van der Waals surface area contributed by atoms with E-state index >= 15 is 0 Å². The predicted octanol–water partition coefficient (Wildman–Crippen LogP) is 5.33. The van der Waals surface area contributed by atoms with Gasteiger partial charge in [0.1, 0.15) is 18.1 Å². The molecule has 8 nitrogen and oxygen atoms in total. The lowest BCUT2D eigenvalue weighted by atomic mass is 10.1. The summed E-state index contributed by atoms with van der Waals surface area (Å²) in [7, 11) is 1.85. The highest BCUT2D eigenvalue weighted by atomic mass is 79.9. The monoisotopic (exact) mass is 533 g/mol. The van der Waals surface area contributed by atoms with E-state index in [0.717, 1.165) is 35.4 Å². The molecule has 0 saturated carbocycles. The number of amides is 2. The summed E-state index contributed by atoms with van der Waals surface area (Å²) >= 11 is 9.41. The Hall–Kier alpha value is -2.75. The van der Waals surface area contributed by atoms with Crippen LogP contribution in [0.25, 0.3) is 11.3 Å². The normalized spacial score (nSPS) is 13.8. The van der Waals surface area contributed by atoms with E-state index in [0.29, 0.717) is 23.1 Å². The van der Waals surface area contributed by atoms with Gasteiger partial charge in [-0.15, -0.1) is 0 Å². The first-order chi connectivity index (χ1) is 15.9. The molecule has 0 unspecified atom stereocenters. The van der Waals surface area contributed by atoms with Gasteiger partial charge in [0.15, 0.2) is 0 Å². The van der Waals surface area contributed by atoms with E-state index < -0.39 is 6.03 Å². The molecule has 1 aliphatic rings. The van der Waals surface area contributed by atoms with Gasteiger partial charge in [-0.2, -0.15) is 5.10 Å². The molecule has 3 aromatic rings. The van der Waals surface area contributed by atoms with Crippen LogP contribution in [0.2, 0.25) is 5.02 Å². The summed E-state index contributed by atoms with van der Waals surface area (Å²) in [6.07, 6.45) is 4.20. The molecule has 2 heterocycles. The molecule has 0 atom stereocenters. The average Bonchev–Trinajstić information content (AvgIpc) is 3.41. The van der Waals surface area contributed by atoms with Crippen molar-refractivity contribution in [3.63, 3.8) is 0 Å². The lowest BCUT2D eigenvalue weighted by Crippen LogP contribution is -2.25. The van der Waals surface area contributed by atoms with Crippen LogP contribution in [-0.4, -0.2) is 52.1 Å². The van der Waals surface area contributed by atoms with Gasteiger partial charge in [0.05, 0.1) is 22.1 Å². The van der Waals surface area contributed by atoms with Gasteiger partial charge in [0, 0.05) is 35.9 Å². The van der Waals surface area contributed by atoms with Crippen molar-refractivity contribution in [2.24, 2.45) is 7.05 Å². The van der Waals surface area contributed by atoms with Crippen LogP contribution >= 0.6 is 27.5 Å². The molecule has 0 aliphatic carbocycles. The minimum atomic E-state index is -0.495. The summed E-state index contributed by atoms with van der Waals surface area (Å²) in [4.78, 5) is 14.9. The van der Waals surface area contributed by atoms with Crippen LogP contribution < -0.4 is 15.4 Å². The third-order valence-corrected chi connectivity index (χ3v) is 6.27. The maximum atomic E-state index is 12.5. The number of nitrogens with one attached hydrogen (secondary N) is 2. The Morgan fingerprint density at radius 2 is 2.00 bits per heavy atom. The summed E-state index contributed by atoms with van der Waals surface area (Å²) in [5.74, 6) is 0.596. The van der Waals surface area contributed by atoms with E-state index in [2.05, 4.69) is 36.6 Å². The number of hydrogen-bond donors (Lipinski definition) is 3. The maximum absolute atomic E-state index is 12.5. The molecule has 1 aromatic heterocycles. The van der Waals surface area contributed by atoms with Gasteiger partial charge in [-0.05, 0) is 72.2 Å². The summed E-state index contributed by atoms with van der Waals surface area (Å²) in [6.45, 7) is 3.68. The zero-order valence-electron chi connectivity index (χ0n) is 18.1. The number of halogens is 2. The Bertz CT molecular complexity index is 1130. The van der Waals surface area contributed by atoms with Crippen molar-refractivity contribution in [1.29, 1.82) is 0 Å². The zero-order valence-corrected chi connectivity index (χ0v) is 20.5. The summed E-state index contributed by atoms with van der Waals surface area (Å²) in [5.41, 5.74) is 2.46. The van der Waals surface area contributed by atoms with E-state index in [1.807, 2.05) is 19.2 Å². The van der Waals surface area contributed by atoms with Crippen LogP contribution in [0, 0.1) is 0 Å². The predicted molar refractivity (Wildman–Crippen MR) is 133 cm³/mol. The van der Waals surface area contributed by atoms with Gasteiger partial charge in [0.2, 0.25) is 0 Å². The number of hydrogen-bond acceptors (Lipinski definition) is 5. The molecule has 1 aliphatic heterocycles. The molecule has 10 heteroatoms. The molecular formula is C23H25BrClN5O3. The molecular weight excluding hydrogens is 510 g/mol. The third kappa shape index (κ3) is 5.79. The number of phenolic OH excluding ortho intramolecular Hbond substituents is 1. The van der Waals surface area contributed by atoms with E-state index in [1.54, 1.807) is 23.0 Å². The minimum absolute atomic E-state index is 0.112. The number of benzene rings is 2. The van der Waals surface area contributed by atoms with Crippen molar-refractivity contribution in [1.82, 2.24) is 14.7 Å². The van der Waals surface area contributed by atoms with E-state index in [-0.39, 0.29) is 11.4 Å². The Kier molecular flexibility index (Phi) is 7.42. The van der Waals surface area contributed by atoms with Crippen molar-refractivity contribution >= 4 is 44.9 Å². The Labute approximate surface area is 205 Å². The molecule has 33 heavy (non-hydrogen) atoms. The second kappa shape index (κ2) is 10.5. The molecule has 2 amide bonds. The third-order valence-electron chi connectivity index (χ3n) is 5.46. The zero-order chi connectivity index (χ0) is 23.4. The molecule has 0 bridgehead atoms. The first kappa shape index (κ1) is 23.4. The fourth-order valence-corrected chi connectivity index (χ4v) is 4.55. The number of aryl methyl sites for hydroxylation is 1. The number of ether oxygens (including phenoxy) is 1. The molecule has 0 spiro atoms. The highest BCUT2D eigenvalue weighted by molar-refractivity contribution is 9.10. The quantitative estimate of drug-likeness (QED) is 0.357. The smallest absolute Gasteiger partial charge is 0.323 e. The number of aromatic nitrogens is 2. The highest BCUT2D eigenvalue weighted by Gasteiger charge is 2.17. The van der Waals surface area contributed by atoms with Crippen LogP contribution in [0.4, 0.5) is 16.2 Å². The highest BCUT2D eigenvalue weighted by Crippen LogP contribution is 2.37. The number of phenols is 1. The fraction of sp³-hybridized carbons (Fsp3) is 0.304. The second-order valence-corrected chi connectivity index (χ2v) is 9.10. The fourth-order valence-electron chi connectivity index (χ4n) is 3.82. The van der Waals surface area contributed by atoms with Gasteiger partial charge in [-0.25, -0.2) is 4.79 Å². The molecule has 0 radical (unpaired) electrons. The first-order valence-electron chi connectivity index (χ1n) is 10.6. The van der Waals surface area contributed by atoms with Crippen molar-refractivity contribution in [3.05, 3.63) is 52.1 Å². The van der Waals surface area contributed by atoms with Gasteiger partial charge in [0.25, 0.3) is 0 Å². The summed E-state index contributed by atoms with van der Waals surface area (Å²) in [6, 6.07) is 9.45. The average molecular weight is 535 g/mol. The Morgan fingerprint density at radius 1 is 1.21 bits per heavy atom. The van der Waals surface area contributed by atoms with Crippen molar-refractivity contribution in [2.45, 2.75) is 12.8 Å². The molecule has 1 saturated heterocycles. The standard InChI is InChI=1S/C23H25BrClN5O3/c1-29-22(18(24)14-26-29)17-13-16(5-7-21(17)33-11-10-30-8-2-3-9-30)27-23(32)28-19-6-4-15(25)12-20(19)31/h4-7,12-14,31H,2-3,8-11H2,1H3,(H2,27,28,32). The number of urea groups is 1. The molecule has 1 fully saturated rings. The number of likely N-dealkylation sites (tertiary alicyclic amines) is 1. The van der Waals surface area contributed by atoms with Crippen LogP contribution in [0.3, 0.4) is 0 Å². The van der Waals surface area contributed by atoms with Crippen LogP contribution in [0.1, 0.15) is 12.8 Å². The Balaban J connectivity index is 1.52. The number of carbonyl (C=O) groups excluding carboxylic acids is 1. The topological polar surface area (TPSA) is 91.7 Å². The number of carbonyl (C=O) groups is 1. The van der Waals surface area contributed by atoms with E-state index in [9.17, 15) is 9.90 Å². The number of anilines is 2. The van der Waals surface area contributed by atoms with Gasteiger partial charge < -0.3 is 20.5 Å². The molecule has 4 rings (SSSR count). The summed E-state index contributed by atoms with van der Waals surface area (Å²) < 4.78 is 8.71. The first-order valence-corrected chi connectivity index (χ1v) is 11.8. The van der Waals surface area contributed by atoms with E-state index in [1.165, 1.54) is 25.0 Å². The van der Waals surface area contributed by atoms with Crippen molar-refractivity contribution < 1.29 is 14.6 Å². The number of nitrogens with zero attached hydrogens (tertiary/aromatic N) is 3. The number of rotatable bonds is 7.